The minimum atomic E-state index is -0.986. The Hall–Kier alpha value is -1.36. The molecule has 0 spiro atoms. The molecule has 0 aliphatic carbocycles. The average Bonchev–Trinajstić information content (AvgIpc) is 2.26. The van der Waals surface area contributed by atoms with Gasteiger partial charge in [0.25, 0.3) is 5.91 Å². The zero-order chi connectivity index (χ0) is 13.9. The van der Waals surface area contributed by atoms with Gasteiger partial charge in [-0.3, -0.25) is 4.79 Å². The molecule has 0 aliphatic rings. The number of hydrogen-bond donors (Lipinski definition) is 1. The molecule has 0 fully saturated rings. The summed E-state index contributed by atoms with van der Waals surface area (Å²) in [7, 11) is 1.51. The Labute approximate surface area is 115 Å². The second-order valence-electron chi connectivity index (χ2n) is 4.20. The SMILES string of the molecule is CCC(C(=O)O)N(C)C(=O)c1cc(C)cc(Br)c1. The smallest absolute Gasteiger partial charge is 0.326 e. The van der Waals surface area contributed by atoms with Crippen molar-refractivity contribution >= 4 is 27.8 Å². The normalized spacial score (nSPS) is 12.0. The number of rotatable bonds is 4. The largest absolute Gasteiger partial charge is 0.480 e. The van der Waals surface area contributed by atoms with E-state index in [-0.39, 0.29) is 5.91 Å². The van der Waals surface area contributed by atoms with Gasteiger partial charge in [0.15, 0.2) is 0 Å². The maximum absolute atomic E-state index is 12.2. The monoisotopic (exact) mass is 313 g/mol. The fraction of sp³-hybridized carbons (Fsp3) is 0.385. The van der Waals surface area contributed by atoms with E-state index in [2.05, 4.69) is 15.9 Å². The van der Waals surface area contributed by atoms with Crippen LogP contribution in [0, 0.1) is 6.92 Å². The van der Waals surface area contributed by atoms with Gasteiger partial charge in [-0.15, -0.1) is 0 Å². The zero-order valence-electron chi connectivity index (χ0n) is 10.6. The van der Waals surface area contributed by atoms with Crippen LogP contribution in [0.4, 0.5) is 0 Å². The number of hydrogen-bond acceptors (Lipinski definition) is 2. The Morgan fingerprint density at radius 3 is 2.44 bits per heavy atom. The highest BCUT2D eigenvalue weighted by atomic mass is 79.9. The molecule has 1 unspecified atom stereocenters. The molecule has 1 aromatic carbocycles. The minimum Gasteiger partial charge on any atom is -0.480 e. The summed E-state index contributed by atoms with van der Waals surface area (Å²) >= 11 is 3.33. The van der Waals surface area contributed by atoms with Crippen LogP contribution in [-0.2, 0) is 4.79 Å². The number of carbonyl (C=O) groups excluding carboxylic acids is 1. The molecule has 0 aromatic heterocycles. The van der Waals surface area contributed by atoms with Gasteiger partial charge in [-0.25, -0.2) is 4.79 Å². The molecule has 1 amide bonds. The molecule has 0 heterocycles. The number of carboxylic acids is 1. The maximum atomic E-state index is 12.2. The van der Waals surface area contributed by atoms with E-state index in [1.165, 1.54) is 11.9 Å². The lowest BCUT2D eigenvalue weighted by Gasteiger charge is -2.24. The Balaban J connectivity index is 3.02. The summed E-state index contributed by atoms with van der Waals surface area (Å²) in [4.78, 5) is 24.5. The highest BCUT2D eigenvalue weighted by molar-refractivity contribution is 9.10. The summed E-state index contributed by atoms with van der Waals surface area (Å²) in [6, 6.07) is 4.54. The number of aliphatic carboxylic acids is 1. The Kier molecular flexibility index (Phi) is 4.90. The number of nitrogens with zero attached hydrogens (tertiary/aromatic N) is 1. The second-order valence-corrected chi connectivity index (χ2v) is 5.11. The summed E-state index contributed by atoms with van der Waals surface area (Å²) in [6.07, 6.45) is 0.380. The first-order chi connectivity index (χ1) is 8.36. The van der Waals surface area contributed by atoms with Crippen LogP contribution in [0.1, 0.15) is 29.3 Å². The number of carboxylic acid groups (broad SMARTS) is 1. The lowest BCUT2D eigenvalue weighted by molar-refractivity contribution is -0.142. The van der Waals surface area contributed by atoms with E-state index in [0.717, 1.165) is 10.0 Å². The zero-order valence-corrected chi connectivity index (χ0v) is 12.2. The Morgan fingerprint density at radius 1 is 1.39 bits per heavy atom. The number of carbonyl (C=O) groups is 2. The second kappa shape index (κ2) is 6.00. The Bertz CT molecular complexity index is 453. The molecular weight excluding hydrogens is 298 g/mol. The fourth-order valence-electron chi connectivity index (χ4n) is 1.82. The van der Waals surface area contributed by atoms with Gasteiger partial charge < -0.3 is 10.0 Å². The van der Waals surface area contributed by atoms with Gasteiger partial charge >= 0.3 is 5.97 Å². The molecule has 0 bridgehead atoms. The predicted molar refractivity (Wildman–Crippen MR) is 72.7 cm³/mol. The van der Waals surface area contributed by atoms with E-state index in [1.807, 2.05) is 13.0 Å². The van der Waals surface area contributed by atoms with Crippen LogP contribution >= 0.6 is 15.9 Å². The summed E-state index contributed by atoms with van der Waals surface area (Å²) in [5, 5.41) is 9.05. The molecule has 98 valence electrons. The van der Waals surface area contributed by atoms with Gasteiger partial charge in [-0.2, -0.15) is 0 Å². The number of amides is 1. The van der Waals surface area contributed by atoms with Gasteiger partial charge in [0.1, 0.15) is 6.04 Å². The predicted octanol–water partition coefficient (Wildman–Crippen LogP) is 2.69. The highest BCUT2D eigenvalue weighted by Crippen LogP contribution is 2.17. The minimum absolute atomic E-state index is 0.284. The van der Waals surface area contributed by atoms with Crippen molar-refractivity contribution in [1.29, 1.82) is 0 Å². The highest BCUT2D eigenvalue weighted by Gasteiger charge is 2.25. The topological polar surface area (TPSA) is 57.6 Å². The third-order valence-electron chi connectivity index (χ3n) is 2.75. The molecule has 0 saturated heterocycles. The van der Waals surface area contributed by atoms with Gasteiger partial charge in [-0.05, 0) is 37.1 Å². The van der Waals surface area contributed by atoms with Gasteiger partial charge in [-0.1, -0.05) is 22.9 Å². The van der Waals surface area contributed by atoms with Crippen molar-refractivity contribution in [2.45, 2.75) is 26.3 Å². The quantitative estimate of drug-likeness (QED) is 0.929. The van der Waals surface area contributed by atoms with Gasteiger partial charge in [0, 0.05) is 17.1 Å². The lowest BCUT2D eigenvalue weighted by Crippen LogP contribution is -2.41. The molecule has 5 heteroatoms. The fourth-order valence-corrected chi connectivity index (χ4v) is 2.43. The van der Waals surface area contributed by atoms with E-state index in [1.54, 1.807) is 19.1 Å². The van der Waals surface area contributed by atoms with Crippen molar-refractivity contribution in [3.63, 3.8) is 0 Å². The van der Waals surface area contributed by atoms with Crippen molar-refractivity contribution in [2.75, 3.05) is 7.05 Å². The third-order valence-corrected chi connectivity index (χ3v) is 3.21. The first-order valence-corrected chi connectivity index (χ1v) is 6.43. The van der Waals surface area contributed by atoms with E-state index in [0.29, 0.717) is 12.0 Å². The van der Waals surface area contributed by atoms with Crippen LogP contribution in [0.3, 0.4) is 0 Å². The summed E-state index contributed by atoms with van der Waals surface area (Å²) in [5.74, 6) is -1.27. The van der Waals surface area contributed by atoms with E-state index in [9.17, 15) is 9.59 Å². The molecule has 0 saturated carbocycles. The third kappa shape index (κ3) is 3.32. The van der Waals surface area contributed by atoms with E-state index in [4.69, 9.17) is 5.11 Å². The van der Waals surface area contributed by atoms with Crippen molar-refractivity contribution in [1.82, 2.24) is 4.90 Å². The molecule has 1 rings (SSSR count). The summed E-state index contributed by atoms with van der Waals surface area (Å²) in [5.41, 5.74) is 1.44. The number of aryl methyl sites for hydroxylation is 1. The van der Waals surface area contributed by atoms with Crippen molar-refractivity contribution in [3.05, 3.63) is 33.8 Å². The Morgan fingerprint density at radius 2 is 2.00 bits per heavy atom. The number of benzene rings is 1. The number of likely N-dealkylation sites (N-methyl/N-ethyl adjacent to an activating group) is 1. The molecule has 4 nitrogen and oxygen atoms in total. The molecule has 1 aromatic rings. The van der Waals surface area contributed by atoms with Crippen molar-refractivity contribution in [2.24, 2.45) is 0 Å². The molecule has 1 N–H and O–H groups in total. The van der Waals surface area contributed by atoms with E-state index >= 15 is 0 Å². The summed E-state index contributed by atoms with van der Waals surface area (Å²) in [6.45, 7) is 3.63. The standard InChI is InChI=1S/C13H16BrNO3/c1-4-11(13(17)18)15(3)12(16)9-5-8(2)6-10(14)7-9/h5-7,11H,4H2,1-3H3,(H,17,18). The first-order valence-electron chi connectivity index (χ1n) is 5.64. The lowest BCUT2D eigenvalue weighted by atomic mass is 10.1. The molecule has 0 radical (unpaired) electrons. The van der Waals surface area contributed by atoms with Crippen LogP contribution in [0.2, 0.25) is 0 Å². The van der Waals surface area contributed by atoms with Crippen LogP contribution in [-0.4, -0.2) is 35.0 Å². The van der Waals surface area contributed by atoms with Crippen LogP contribution in [0.25, 0.3) is 0 Å². The molecule has 0 aliphatic heterocycles. The van der Waals surface area contributed by atoms with Crippen LogP contribution < -0.4 is 0 Å². The molecule has 1 atom stereocenters. The molecular formula is C13H16BrNO3. The summed E-state index contributed by atoms with van der Waals surface area (Å²) < 4.78 is 0.808. The van der Waals surface area contributed by atoms with Crippen LogP contribution in [0.15, 0.2) is 22.7 Å². The number of halogens is 1. The average molecular weight is 314 g/mol. The van der Waals surface area contributed by atoms with Crippen molar-refractivity contribution in [3.8, 4) is 0 Å². The first kappa shape index (κ1) is 14.7. The van der Waals surface area contributed by atoms with E-state index < -0.39 is 12.0 Å². The van der Waals surface area contributed by atoms with Gasteiger partial charge in [0.2, 0.25) is 0 Å². The van der Waals surface area contributed by atoms with Crippen LogP contribution in [0.5, 0.6) is 0 Å². The maximum Gasteiger partial charge on any atom is 0.326 e. The van der Waals surface area contributed by atoms with Gasteiger partial charge in [0.05, 0.1) is 0 Å². The molecule has 18 heavy (non-hydrogen) atoms. The van der Waals surface area contributed by atoms with Crippen molar-refractivity contribution < 1.29 is 14.7 Å².